The van der Waals surface area contributed by atoms with Crippen molar-refractivity contribution in [2.24, 2.45) is 0 Å². The van der Waals surface area contributed by atoms with E-state index in [1.54, 1.807) is 24.3 Å². The van der Waals surface area contributed by atoms with Crippen LogP contribution in [0, 0.1) is 0 Å². The number of nitrogens with one attached hydrogen (secondary N) is 1. The Bertz CT molecular complexity index is 1210. The zero-order valence-corrected chi connectivity index (χ0v) is 17.0. The summed E-state index contributed by atoms with van der Waals surface area (Å²) in [6.07, 6.45) is 0.351. The summed E-state index contributed by atoms with van der Waals surface area (Å²) < 4.78 is 5.84. The molecule has 0 unspecified atom stereocenters. The molecule has 0 saturated heterocycles. The minimum absolute atomic E-state index is 0.281. The number of amides is 2. The summed E-state index contributed by atoms with van der Waals surface area (Å²) in [6.45, 7) is 0.473. The molecule has 158 valence electrons. The van der Waals surface area contributed by atoms with Gasteiger partial charge in [0.15, 0.2) is 5.82 Å². The maximum Gasteiger partial charge on any atom is 0.262 e. The highest BCUT2D eigenvalue weighted by atomic mass is 16.5. The molecule has 1 aromatic heterocycles. The first-order valence-corrected chi connectivity index (χ1v) is 10.2. The van der Waals surface area contributed by atoms with Crippen LogP contribution < -0.4 is 4.74 Å². The number of benzene rings is 3. The maximum atomic E-state index is 13.0. The summed E-state index contributed by atoms with van der Waals surface area (Å²) >= 11 is 0. The van der Waals surface area contributed by atoms with Gasteiger partial charge in [-0.25, -0.2) is 0 Å². The van der Waals surface area contributed by atoms with E-state index in [2.05, 4.69) is 20.6 Å². The fourth-order valence-corrected chi connectivity index (χ4v) is 3.79. The molecule has 0 bridgehead atoms. The number of fused-ring (bicyclic) bond motifs is 1. The molecular weight excluding hydrogens is 406 g/mol. The van der Waals surface area contributed by atoms with Gasteiger partial charge in [0.25, 0.3) is 11.8 Å². The van der Waals surface area contributed by atoms with E-state index >= 15 is 0 Å². The van der Waals surface area contributed by atoms with E-state index < -0.39 is 6.04 Å². The average molecular weight is 425 g/mol. The van der Waals surface area contributed by atoms with Gasteiger partial charge in [-0.05, 0) is 35.4 Å². The second-order valence-electron chi connectivity index (χ2n) is 7.43. The van der Waals surface area contributed by atoms with E-state index in [4.69, 9.17) is 4.74 Å². The topological polar surface area (TPSA) is 101 Å². The molecule has 0 radical (unpaired) electrons. The van der Waals surface area contributed by atoms with Gasteiger partial charge in [-0.3, -0.25) is 14.5 Å². The monoisotopic (exact) mass is 425 g/mol. The molecule has 8 heteroatoms. The van der Waals surface area contributed by atoms with Crippen LogP contribution in [0.25, 0.3) is 0 Å². The molecule has 1 N–H and O–H groups in total. The van der Waals surface area contributed by atoms with Gasteiger partial charge in [0.05, 0.1) is 11.1 Å². The fraction of sp³-hybridized carbons (Fsp3) is 0.125. The van der Waals surface area contributed by atoms with Crippen LogP contribution in [0.2, 0.25) is 0 Å². The minimum atomic E-state index is -0.683. The van der Waals surface area contributed by atoms with E-state index in [1.165, 1.54) is 4.90 Å². The Morgan fingerprint density at radius 1 is 0.812 bits per heavy atom. The molecule has 1 aliphatic rings. The largest absolute Gasteiger partial charge is 0.489 e. The second-order valence-corrected chi connectivity index (χ2v) is 7.43. The Morgan fingerprint density at radius 2 is 1.47 bits per heavy atom. The van der Waals surface area contributed by atoms with Gasteiger partial charge in [-0.2, -0.15) is 5.21 Å². The van der Waals surface area contributed by atoms with Gasteiger partial charge in [0.2, 0.25) is 0 Å². The predicted octanol–water partition coefficient (Wildman–Crippen LogP) is 3.36. The van der Waals surface area contributed by atoms with E-state index in [0.717, 1.165) is 16.9 Å². The Balaban J connectivity index is 1.35. The number of H-pyrrole nitrogens is 1. The van der Waals surface area contributed by atoms with Gasteiger partial charge in [-0.1, -0.05) is 59.8 Å². The first-order chi connectivity index (χ1) is 15.7. The minimum Gasteiger partial charge on any atom is -0.489 e. The number of hydrogen-bond acceptors (Lipinski definition) is 6. The van der Waals surface area contributed by atoms with Crippen LogP contribution in [0.1, 0.15) is 43.7 Å². The zero-order valence-electron chi connectivity index (χ0n) is 17.0. The summed E-state index contributed by atoms with van der Waals surface area (Å²) in [7, 11) is 0. The molecule has 32 heavy (non-hydrogen) atoms. The quantitative estimate of drug-likeness (QED) is 0.456. The molecule has 4 aromatic rings. The van der Waals surface area contributed by atoms with E-state index in [-0.39, 0.29) is 17.6 Å². The van der Waals surface area contributed by atoms with Crippen molar-refractivity contribution < 1.29 is 14.3 Å². The molecule has 0 spiro atoms. The number of hydrogen-bond donors (Lipinski definition) is 1. The molecule has 0 fully saturated rings. The lowest BCUT2D eigenvalue weighted by atomic mass is 10.0. The molecule has 1 atom stereocenters. The molecular formula is C24H19N5O3. The highest BCUT2D eigenvalue weighted by molar-refractivity contribution is 6.21. The van der Waals surface area contributed by atoms with Crippen molar-refractivity contribution in [2.45, 2.75) is 19.1 Å². The number of rotatable bonds is 7. The number of nitrogens with zero attached hydrogens (tertiary/aromatic N) is 4. The van der Waals surface area contributed by atoms with Crippen LogP contribution in [0.3, 0.4) is 0 Å². The molecule has 1 aliphatic heterocycles. The molecule has 5 rings (SSSR count). The standard InChI is InChI=1S/C24H19N5O3/c30-23-19-8-4-5-9-20(19)24(31)29(23)21(22-25-27-28-26-22)14-16-10-12-18(13-11-16)32-15-17-6-2-1-3-7-17/h1-13,21H,14-15H2,(H,25,26,27,28)/t21-/m0/s1. The highest BCUT2D eigenvalue weighted by Crippen LogP contribution is 2.32. The highest BCUT2D eigenvalue weighted by Gasteiger charge is 2.41. The predicted molar refractivity (Wildman–Crippen MR) is 115 cm³/mol. The third kappa shape index (κ3) is 3.74. The number of carbonyl (C=O) groups is 2. The zero-order chi connectivity index (χ0) is 21.9. The third-order valence-electron chi connectivity index (χ3n) is 5.40. The first kappa shape index (κ1) is 19.6. The van der Waals surface area contributed by atoms with Crippen molar-refractivity contribution in [3.8, 4) is 5.75 Å². The van der Waals surface area contributed by atoms with E-state index in [9.17, 15) is 9.59 Å². The molecule has 8 nitrogen and oxygen atoms in total. The summed E-state index contributed by atoms with van der Waals surface area (Å²) in [5.74, 6) is 0.296. The van der Waals surface area contributed by atoms with Crippen LogP contribution in [0.15, 0.2) is 78.9 Å². The van der Waals surface area contributed by atoms with Gasteiger partial charge in [0, 0.05) is 6.42 Å². The Hall–Kier alpha value is -4.33. The molecule has 0 saturated carbocycles. The van der Waals surface area contributed by atoms with Gasteiger partial charge in [-0.15, -0.1) is 10.2 Å². The van der Waals surface area contributed by atoms with Gasteiger partial charge >= 0.3 is 0 Å². The Labute approximate surface area is 183 Å². The Morgan fingerprint density at radius 3 is 2.09 bits per heavy atom. The lowest BCUT2D eigenvalue weighted by Gasteiger charge is -2.23. The van der Waals surface area contributed by atoms with Crippen molar-refractivity contribution >= 4 is 11.8 Å². The first-order valence-electron chi connectivity index (χ1n) is 10.2. The van der Waals surface area contributed by atoms with Crippen LogP contribution in [0.5, 0.6) is 5.75 Å². The number of carbonyl (C=O) groups excluding carboxylic acids is 2. The van der Waals surface area contributed by atoms with Crippen LogP contribution in [-0.2, 0) is 13.0 Å². The van der Waals surface area contributed by atoms with Gasteiger partial charge < -0.3 is 4.74 Å². The number of ether oxygens (including phenoxy) is 1. The van der Waals surface area contributed by atoms with Crippen molar-refractivity contribution in [1.29, 1.82) is 0 Å². The molecule has 3 aromatic carbocycles. The van der Waals surface area contributed by atoms with Gasteiger partial charge in [0.1, 0.15) is 18.4 Å². The number of aromatic amines is 1. The SMILES string of the molecule is O=C1c2ccccc2C(=O)N1[C@@H](Cc1ccc(OCc2ccccc2)cc1)c1nn[nH]n1. The maximum absolute atomic E-state index is 13.0. The van der Waals surface area contributed by atoms with Crippen molar-refractivity contribution in [3.63, 3.8) is 0 Å². The molecule has 2 heterocycles. The normalized spacial score (nSPS) is 13.8. The smallest absolute Gasteiger partial charge is 0.262 e. The third-order valence-corrected chi connectivity index (χ3v) is 5.40. The number of imide groups is 1. The number of aromatic nitrogens is 4. The summed E-state index contributed by atoms with van der Waals surface area (Å²) in [4.78, 5) is 27.2. The Kier molecular flexibility index (Phi) is 5.17. The van der Waals surface area contributed by atoms with Crippen LogP contribution >= 0.6 is 0 Å². The molecule has 2 amide bonds. The lowest BCUT2D eigenvalue weighted by Crippen LogP contribution is -2.36. The summed E-state index contributed by atoms with van der Waals surface area (Å²) in [5, 5.41) is 14.1. The average Bonchev–Trinajstić information content (AvgIpc) is 3.46. The fourth-order valence-electron chi connectivity index (χ4n) is 3.79. The van der Waals surface area contributed by atoms with E-state index in [1.807, 2.05) is 54.6 Å². The van der Waals surface area contributed by atoms with E-state index in [0.29, 0.717) is 24.2 Å². The number of tetrazole rings is 1. The molecule has 0 aliphatic carbocycles. The summed E-state index contributed by atoms with van der Waals surface area (Å²) in [6, 6.07) is 23.6. The van der Waals surface area contributed by atoms with Crippen molar-refractivity contribution in [1.82, 2.24) is 25.5 Å². The summed E-state index contributed by atoms with van der Waals surface area (Å²) in [5.41, 5.74) is 2.76. The van der Waals surface area contributed by atoms with Crippen molar-refractivity contribution in [3.05, 3.63) is 107 Å². The lowest BCUT2D eigenvalue weighted by molar-refractivity contribution is 0.0574. The second kappa shape index (κ2) is 8.43. The van der Waals surface area contributed by atoms with Crippen LogP contribution in [-0.4, -0.2) is 37.3 Å². The van der Waals surface area contributed by atoms with Crippen molar-refractivity contribution in [2.75, 3.05) is 0 Å². The van der Waals surface area contributed by atoms with Crippen LogP contribution in [0.4, 0.5) is 0 Å².